The molecule has 1 rings (SSSR count). The molecule has 0 bridgehead atoms. The molecular weight excluding hydrogens is 300 g/mol. The maximum Gasteiger partial charge on any atom is 0.307 e. The van der Waals surface area contributed by atoms with Gasteiger partial charge in [0.25, 0.3) is 0 Å². The maximum absolute atomic E-state index is 11.1. The number of rotatable bonds is 6. The zero-order chi connectivity index (χ0) is 13.5. The summed E-state index contributed by atoms with van der Waals surface area (Å²) in [5.41, 5.74) is 6.39. The van der Waals surface area contributed by atoms with E-state index in [0.29, 0.717) is 18.7 Å². The largest absolute Gasteiger partial charge is 0.466 e. The molecular formula is C12H15BrN2O3. The predicted molar refractivity (Wildman–Crippen MR) is 72.4 cm³/mol. The van der Waals surface area contributed by atoms with Crippen molar-refractivity contribution in [1.82, 2.24) is 0 Å². The number of amides is 1. The van der Waals surface area contributed by atoms with Gasteiger partial charge in [-0.2, -0.15) is 0 Å². The second kappa shape index (κ2) is 7.00. The van der Waals surface area contributed by atoms with Crippen LogP contribution in [-0.4, -0.2) is 25.0 Å². The number of hydrogen-bond donors (Lipinski definition) is 2. The Hall–Kier alpha value is -1.56. The number of carbonyl (C=O) groups is 2. The van der Waals surface area contributed by atoms with Crippen LogP contribution in [0.4, 0.5) is 5.69 Å². The van der Waals surface area contributed by atoms with E-state index in [0.717, 1.165) is 10.2 Å². The summed E-state index contributed by atoms with van der Waals surface area (Å²) in [5.74, 6) is -0.719. The second-order valence-corrected chi connectivity index (χ2v) is 4.40. The fourth-order valence-corrected chi connectivity index (χ4v) is 1.86. The Morgan fingerprint density at radius 3 is 2.72 bits per heavy atom. The Morgan fingerprint density at radius 1 is 1.44 bits per heavy atom. The summed E-state index contributed by atoms with van der Waals surface area (Å²) in [5, 5.41) is 3.07. The first kappa shape index (κ1) is 14.5. The zero-order valence-electron chi connectivity index (χ0n) is 10.0. The number of esters is 1. The van der Waals surface area contributed by atoms with E-state index in [1.165, 1.54) is 0 Å². The van der Waals surface area contributed by atoms with Gasteiger partial charge >= 0.3 is 5.97 Å². The third-order valence-corrected chi connectivity index (χ3v) is 2.86. The van der Waals surface area contributed by atoms with E-state index in [1.807, 2.05) is 0 Å². The molecule has 5 nitrogen and oxygen atoms in total. The van der Waals surface area contributed by atoms with Gasteiger partial charge in [-0.15, -0.1) is 0 Å². The fourth-order valence-electron chi connectivity index (χ4n) is 1.34. The summed E-state index contributed by atoms with van der Waals surface area (Å²) in [6, 6.07) is 4.99. The monoisotopic (exact) mass is 314 g/mol. The van der Waals surface area contributed by atoms with Crippen LogP contribution in [0.2, 0.25) is 0 Å². The average Bonchev–Trinajstić information content (AvgIpc) is 2.31. The topological polar surface area (TPSA) is 81.4 Å². The number of carbonyl (C=O) groups excluding carboxylic acids is 2. The van der Waals surface area contributed by atoms with Gasteiger partial charge in [0.15, 0.2) is 0 Å². The number of ether oxygens (including phenoxy) is 1. The van der Waals surface area contributed by atoms with E-state index in [1.54, 1.807) is 25.1 Å². The van der Waals surface area contributed by atoms with Gasteiger partial charge in [-0.05, 0) is 41.1 Å². The van der Waals surface area contributed by atoms with Crippen molar-refractivity contribution < 1.29 is 14.3 Å². The van der Waals surface area contributed by atoms with Gasteiger partial charge in [0, 0.05) is 22.3 Å². The van der Waals surface area contributed by atoms with Crippen LogP contribution in [0.3, 0.4) is 0 Å². The minimum atomic E-state index is -0.478. The third-order valence-electron chi connectivity index (χ3n) is 2.20. The van der Waals surface area contributed by atoms with Gasteiger partial charge in [0.2, 0.25) is 5.91 Å². The summed E-state index contributed by atoms with van der Waals surface area (Å²) < 4.78 is 5.53. The molecule has 0 aliphatic rings. The molecule has 0 radical (unpaired) electrons. The molecule has 98 valence electrons. The molecule has 18 heavy (non-hydrogen) atoms. The van der Waals surface area contributed by atoms with Crippen molar-refractivity contribution >= 4 is 33.5 Å². The second-order valence-electron chi connectivity index (χ2n) is 3.54. The van der Waals surface area contributed by atoms with Crippen LogP contribution in [0.15, 0.2) is 22.7 Å². The van der Waals surface area contributed by atoms with Crippen molar-refractivity contribution in [3.63, 3.8) is 0 Å². The van der Waals surface area contributed by atoms with Crippen LogP contribution in [-0.2, 0) is 9.53 Å². The lowest BCUT2D eigenvalue weighted by atomic mass is 10.2. The summed E-state index contributed by atoms with van der Waals surface area (Å²) in [6.07, 6.45) is 0.290. The summed E-state index contributed by atoms with van der Waals surface area (Å²) in [4.78, 5) is 22.1. The van der Waals surface area contributed by atoms with Crippen molar-refractivity contribution in [2.24, 2.45) is 5.73 Å². The lowest BCUT2D eigenvalue weighted by Gasteiger charge is -2.09. The molecule has 3 N–H and O–H groups in total. The molecule has 0 heterocycles. The highest BCUT2D eigenvalue weighted by atomic mass is 79.9. The number of nitrogens with two attached hydrogens (primary N) is 1. The van der Waals surface area contributed by atoms with Crippen LogP contribution in [0.1, 0.15) is 23.7 Å². The molecule has 1 aromatic carbocycles. The number of benzene rings is 1. The standard InChI is InChI=1S/C12H15BrN2O3/c1-2-18-11(16)5-6-15-10-4-3-8(12(14)17)7-9(10)13/h3-4,7,15H,2,5-6H2,1H3,(H2,14,17). The van der Waals surface area contributed by atoms with Crippen molar-refractivity contribution in [3.8, 4) is 0 Å². The minimum absolute atomic E-state index is 0.241. The summed E-state index contributed by atoms with van der Waals surface area (Å²) in [6.45, 7) is 2.62. The number of primary amides is 1. The first-order valence-electron chi connectivity index (χ1n) is 5.53. The van der Waals surface area contributed by atoms with Crippen LogP contribution in [0.5, 0.6) is 0 Å². The SMILES string of the molecule is CCOC(=O)CCNc1ccc(C(N)=O)cc1Br. The van der Waals surface area contributed by atoms with E-state index in [2.05, 4.69) is 21.2 Å². The fraction of sp³-hybridized carbons (Fsp3) is 0.333. The first-order chi connectivity index (χ1) is 8.54. The molecule has 0 fully saturated rings. The van der Waals surface area contributed by atoms with Crippen molar-refractivity contribution in [1.29, 1.82) is 0 Å². The van der Waals surface area contributed by atoms with Gasteiger partial charge in [-0.25, -0.2) is 0 Å². The molecule has 1 amide bonds. The van der Waals surface area contributed by atoms with E-state index in [-0.39, 0.29) is 12.4 Å². The highest BCUT2D eigenvalue weighted by molar-refractivity contribution is 9.10. The predicted octanol–water partition coefficient (Wildman–Crippen LogP) is 1.91. The van der Waals surface area contributed by atoms with E-state index < -0.39 is 5.91 Å². The molecule has 0 aromatic heterocycles. The summed E-state index contributed by atoms with van der Waals surface area (Å²) >= 11 is 3.33. The highest BCUT2D eigenvalue weighted by Gasteiger charge is 2.06. The van der Waals surface area contributed by atoms with Crippen LogP contribution in [0.25, 0.3) is 0 Å². The van der Waals surface area contributed by atoms with E-state index in [9.17, 15) is 9.59 Å². The van der Waals surface area contributed by atoms with Gasteiger partial charge < -0.3 is 15.8 Å². The molecule has 0 aliphatic heterocycles. The van der Waals surface area contributed by atoms with E-state index >= 15 is 0 Å². The molecule has 0 saturated heterocycles. The van der Waals surface area contributed by atoms with Crippen LogP contribution < -0.4 is 11.1 Å². The Labute approximate surface area is 114 Å². The third kappa shape index (κ3) is 4.37. The zero-order valence-corrected chi connectivity index (χ0v) is 11.6. The Morgan fingerprint density at radius 2 is 2.17 bits per heavy atom. The Bertz CT molecular complexity index is 449. The van der Waals surface area contributed by atoms with Gasteiger partial charge in [-0.3, -0.25) is 9.59 Å². The van der Waals surface area contributed by atoms with Gasteiger partial charge in [0.05, 0.1) is 13.0 Å². The quantitative estimate of drug-likeness (QED) is 0.786. The Balaban J connectivity index is 2.53. The molecule has 6 heteroatoms. The Kier molecular flexibility index (Phi) is 5.64. The lowest BCUT2D eigenvalue weighted by molar-refractivity contribution is -0.142. The van der Waals surface area contributed by atoms with Crippen molar-refractivity contribution in [2.45, 2.75) is 13.3 Å². The van der Waals surface area contributed by atoms with Gasteiger partial charge in [0.1, 0.15) is 0 Å². The maximum atomic E-state index is 11.1. The van der Waals surface area contributed by atoms with Crippen LogP contribution >= 0.6 is 15.9 Å². The smallest absolute Gasteiger partial charge is 0.307 e. The van der Waals surface area contributed by atoms with Crippen molar-refractivity contribution in [2.75, 3.05) is 18.5 Å². The number of nitrogens with one attached hydrogen (secondary N) is 1. The average molecular weight is 315 g/mol. The normalized spacial score (nSPS) is 9.89. The molecule has 0 unspecified atom stereocenters. The van der Waals surface area contributed by atoms with Gasteiger partial charge in [-0.1, -0.05) is 0 Å². The lowest BCUT2D eigenvalue weighted by Crippen LogP contribution is -2.13. The molecule has 1 aromatic rings. The van der Waals surface area contributed by atoms with Crippen LogP contribution in [0, 0.1) is 0 Å². The molecule has 0 saturated carbocycles. The van der Waals surface area contributed by atoms with Crippen molar-refractivity contribution in [3.05, 3.63) is 28.2 Å². The summed E-state index contributed by atoms with van der Waals surface area (Å²) in [7, 11) is 0. The minimum Gasteiger partial charge on any atom is -0.466 e. The van der Waals surface area contributed by atoms with E-state index in [4.69, 9.17) is 10.5 Å². The number of hydrogen-bond acceptors (Lipinski definition) is 4. The molecule has 0 aliphatic carbocycles. The highest BCUT2D eigenvalue weighted by Crippen LogP contribution is 2.23. The first-order valence-corrected chi connectivity index (χ1v) is 6.32. The molecule has 0 spiro atoms. The molecule has 0 atom stereocenters. The number of halogens is 1. The number of anilines is 1.